The van der Waals surface area contributed by atoms with Crippen LogP contribution in [-0.4, -0.2) is 15.5 Å². The Morgan fingerprint density at radius 1 is 1.37 bits per heavy atom. The normalized spacial score (nSPS) is 17.5. The van der Waals surface area contributed by atoms with E-state index in [9.17, 15) is 9.59 Å². The zero-order chi connectivity index (χ0) is 19.0. The molecular formula is C21H22N2O3S. The van der Waals surface area contributed by atoms with Gasteiger partial charge >= 0.3 is 5.97 Å². The highest BCUT2D eigenvalue weighted by Gasteiger charge is 2.25. The van der Waals surface area contributed by atoms with Crippen LogP contribution in [0.3, 0.4) is 0 Å². The van der Waals surface area contributed by atoms with E-state index in [0.29, 0.717) is 11.3 Å². The summed E-state index contributed by atoms with van der Waals surface area (Å²) in [4.78, 5) is 32.1. The third-order valence-corrected chi connectivity index (χ3v) is 6.39. The second kappa shape index (κ2) is 7.27. The molecule has 1 aliphatic carbocycles. The molecule has 0 N–H and O–H groups in total. The molecule has 2 atom stereocenters. The van der Waals surface area contributed by atoms with E-state index in [-0.39, 0.29) is 12.2 Å². The van der Waals surface area contributed by atoms with Crippen molar-refractivity contribution in [3.05, 3.63) is 63.0 Å². The van der Waals surface area contributed by atoms with Crippen LogP contribution in [0.25, 0.3) is 10.2 Å². The monoisotopic (exact) mass is 382 g/mol. The molecule has 2 heterocycles. The lowest BCUT2D eigenvalue weighted by molar-refractivity contribution is -0.148. The van der Waals surface area contributed by atoms with Gasteiger partial charge in [-0.1, -0.05) is 37.3 Å². The molecule has 6 heteroatoms. The van der Waals surface area contributed by atoms with Crippen molar-refractivity contribution in [1.29, 1.82) is 0 Å². The zero-order valence-electron chi connectivity index (χ0n) is 15.5. The first-order chi connectivity index (χ1) is 13.0. The minimum absolute atomic E-state index is 0.142. The summed E-state index contributed by atoms with van der Waals surface area (Å²) in [5.74, 6) is 0.208. The Hall–Kier alpha value is -2.47. The molecule has 1 aromatic carbocycles. The third kappa shape index (κ3) is 3.41. The van der Waals surface area contributed by atoms with Crippen molar-refractivity contribution in [2.24, 2.45) is 5.92 Å². The number of aryl methyl sites for hydroxylation is 1. The molecule has 0 unspecified atom stereocenters. The average Bonchev–Trinajstić information content (AvgIpc) is 3.05. The highest BCUT2D eigenvalue weighted by Crippen LogP contribution is 2.35. The van der Waals surface area contributed by atoms with Crippen LogP contribution in [0, 0.1) is 5.92 Å². The maximum atomic E-state index is 13.1. The molecule has 0 amide bonds. The maximum absolute atomic E-state index is 13.1. The Morgan fingerprint density at radius 3 is 2.93 bits per heavy atom. The molecule has 0 aliphatic heterocycles. The summed E-state index contributed by atoms with van der Waals surface area (Å²) in [5.41, 5.74) is 1.90. The Morgan fingerprint density at radius 2 is 2.15 bits per heavy atom. The highest BCUT2D eigenvalue weighted by molar-refractivity contribution is 7.18. The largest absolute Gasteiger partial charge is 0.459 e. The molecule has 0 fully saturated rings. The molecule has 0 spiro atoms. The summed E-state index contributed by atoms with van der Waals surface area (Å²) >= 11 is 1.61. The lowest BCUT2D eigenvalue weighted by Gasteiger charge is -2.18. The number of benzene rings is 1. The van der Waals surface area contributed by atoms with Crippen LogP contribution in [0.4, 0.5) is 0 Å². The number of hydrogen-bond acceptors (Lipinski definition) is 5. The number of nitrogens with zero attached hydrogens (tertiary/aromatic N) is 2. The van der Waals surface area contributed by atoms with Crippen LogP contribution >= 0.6 is 11.3 Å². The van der Waals surface area contributed by atoms with Crippen LogP contribution in [-0.2, 0) is 29.0 Å². The molecule has 140 valence electrons. The summed E-state index contributed by atoms with van der Waals surface area (Å²) in [7, 11) is 0. The number of carbonyl (C=O) groups is 1. The van der Waals surface area contributed by atoms with Gasteiger partial charge in [-0.25, -0.2) is 9.78 Å². The average molecular weight is 382 g/mol. The predicted molar refractivity (Wildman–Crippen MR) is 106 cm³/mol. The van der Waals surface area contributed by atoms with Crippen molar-refractivity contribution in [2.75, 3.05) is 0 Å². The number of fused-ring (bicyclic) bond motifs is 3. The quantitative estimate of drug-likeness (QED) is 0.643. The van der Waals surface area contributed by atoms with Gasteiger partial charge in [-0.3, -0.25) is 9.36 Å². The second-order valence-electron chi connectivity index (χ2n) is 7.26. The summed E-state index contributed by atoms with van der Waals surface area (Å²) in [6.07, 6.45) is 4.47. The van der Waals surface area contributed by atoms with E-state index >= 15 is 0 Å². The number of ether oxygens (including phenoxy) is 1. The fraction of sp³-hybridized carbons (Fsp3) is 0.381. The van der Waals surface area contributed by atoms with Gasteiger partial charge in [0.15, 0.2) is 0 Å². The molecule has 3 aromatic rings. The van der Waals surface area contributed by atoms with E-state index in [4.69, 9.17) is 4.74 Å². The van der Waals surface area contributed by atoms with Crippen LogP contribution in [0.15, 0.2) is 41.5 Å². The van der Waals surface area contributed by atoms with Crippen LogP contribution < -0.4 is 5.56 Å². The van der Waals surface area contributed by atoms with Crippen molar-refractivity contribution in [1.82, 2.24) is 9.55 Å². The fourth-order valence-electron chi connectivity index (χ4n) is 3.58. The molecular weight excluding hydrogens is 360 g/mol. The summed E-state index contributed by atoms with van der Waals surface area (Å²) in [6, 6.07) is 8.80. The molecule has 27 heavy (non-hydrogen) atoms. The highest BCUT2D eigenvalue weighted by atomic mass is 32.1. The maximum Gasteiger partial charge on any atom is 0.329 e. The van der Waals surface area contributed by atoms with Gasteiger partial charge in [-0.2, -0.15) is 0 Å². The van der Waals surface area contributed by atoms with Gasteiger partial charge < -0.3 is 4.74 Å². The number of carbonyl (C=O) groups excluding carboxylic acids is 1. The van der Waals surface area contributed by atoms with Gasteiger partial charge in [0.05, 0.1) is 11.7 Å². The lowest BCUT2D eigenvalue weighted by atomic mass is 9.89. The minimum atomic E-state index is -0.712. The van der Waals surface area contributed by atoms with E-state index in [1.165, 1.54) is 15.8 Å². The van der Waals surface area contributed by atoms with Gasteiger partial charge in [-0.15, -0.1) is 11.3 Å². The fourth-order valence-corrected chi connectivity index (χ4v) is 4.92. The van der Waals surface area contributed by atoms with Crippen molar-refractivity contribution in [3.63, 3.8) is 0 Å². The first kappa shape index (κ1) is 17.9. The predicted octanol–water partition coefficient (Wildman–Crippen LogP) is 3.89. The topological polar surface area (TPSA) is 61.2 Å². The number of rotatable bonds is 4. The Labute approximate surface area is 161 Å². The minimum Gasteiger partial charge on any atom is -0.459 e. The number of thiophene rings is 1. The molecule has 4 rings (SSSR count). The van der Waals surface area contributed by atoms with Crippen LogP contribution in [0.1, 0.15) is 42.3 Å². The molecule has 0 saturated carbocycles. The van der Waals surface area contributed by atoms with Gasteiger partial charge in [0.25, 0.3) is 5.56 Å². The molecule has 2 aromatic heterocycles. The SMILES string of the molecule is C[C@H]1CCc2c(sc3ncn([C@H](C)C(=O)OCc4ccccc4)c(=O)c23)C1. The Bertz CT molecular complexity index is 1040. The standard InChI is InChI=1S/C21H22N2O3S/c1-13-8-9-16-17(10-13)27-19-18(16)20(24)23(12-22-19)14(2)21(25)26-11-15-6-4-3-5-7-15/h3-7,12-14H,8-11H2,1-2H3/t13-,14+/m0/s1. The lowest BCUT2D eigenvalue weighted by Crippen LogP contribution is -2.29. The van der Waals surface area contributed by atoms with Crippen molar-refractivity contribution >= 4 is 27.5 Å². The zero-order valence-corrected chi connectivity index (χ0v) is 16.3. The first-order valence-electron chi connectivity index (χ1n) is 9.26. The van der Waals surface area contributed by atoms with Crippen molar-refractivity contribution in [3.8, 4) is 0 Å². The van der Waals surface area contributed by atoms with Crippen LogP contribution in [0.2, 0.25) is 0 Å². The van der Waals surface area contributed by atoms with E-state index < -0.39 is 12.0 Å². The molecule has 0 bridgehead atoms. The summed E-state index contributed by atoms with van der Waals surface area (Å²) in [5, 5.41) is 0.687. The second-order valence-corrected chi connectivity index (χ2v) is 8.34. The molecule has 5 nitrogen and oxygen atoms in total. The number of esters is 1. The Balaban J connectivity index is 1.60. The third-order valence-electron chi connectivity index (χ3n) is 5.22. The van der Waals surface area contributed by atoms with Gasteiger partial charge in [0, 0.05) is 4.88 Å². The van der Waals surface area contributed by atoms with Crippen LogP contribution in [0.5, 0.6) is 0 Å². The van der Waals surface area contributed by atoms with Gasteiger partial charge in [-0.05, 0) is 43.2 Å². The van der Waals surface area contributed by atoms with Gasteiger partial charge in [0.2, 0.25) is 0 Å². The Kier molecular flexibility index (Phi) is 4.83. The van der Waals surface area contributed by atoms with E-state index in [1.807, 2.05) is 30.3 Å². The van der Waals surface area contributed by atoms with E-state index in [0.717, 1.165) is 35.2 Å². The molecule has 1 aliphatic rings. The number of hydrogen-bond donors (Lipinski definition) is 0. The summed E-state index contributed by atoms with van der Waals surface area (Å²) < 4.78 is 6.80. The van der Waals surface area contributed by atoms with Crippen molar-refractivity contribution in [2.45, 2.75) is 45.8 Å². The van der Waals surface area contributed by atoms with E-state index in [1.54, 1.807) is 18.3 Å². The number of aromatic nitrogens is 2. The summed E-state index contributed by atoms with van der Waals surface area (Å²) in [6.45, 7) is 4.12. The first-order valence-corrected chi connectivity index (χ1v) is 10.1. The smallest absolute Gasteiger partial charge is 0.329 e. The molecule has 0 saturated heterocycles. The van der Waals surface area contributed by atoms with Gasteiger partial charge in [0.1, 0.15) is 17.5 Å². The van der Waals surface area contributed by atoms with Crippen molar-refractivity contribution < 1.29 is 9.53 Å². The van der Waals surface area contributed by atoms with E-state index in [2.05, 4.69) is 11.9 Å². The molecule has 0 radical (unpaired) electrons.